The Bertz CT molecular complexity index is 317. The van der Waals surface area contributed by atoms with E-state index in [9.17, 15) is 4.39 Å². The van der Waals surface area contributed by atoms with Gasteiger partial charge in [0.25, 0.3) is 0 Å². The van der Waals surface area contributed by atoms with Gasteiger partial charge in [0, 0.05) is 32.7 Å². The first-order valence-electron chi connectivity index (χ1n) is 5.52. The summed E-state index contributed by atoms with van der Waals surface area (Å²) in [6.45, 7) is 5.39. The number of rotatable bonds is 3. The van der Waals surface area contributed by atoms with Gasteiger partial charge in [0.2, 0.25) is 0 Å². The van der Waals surface area contributed by atoms with Crippen molar-refractivity contribution >= 4 is 24.8 Å². The lowest BCUT2D eigenvalue weighted by Crippen LogP contribution is -2.44. The minimum absolute atomic E-state index is 0. The summed E-state index contributed by atoms with van der Waals surface area (Å²) in [6, 6.07) is 6.89. The molecule has 0 atom stereocenters. The van der Waals surface area contributed by atoms with Gasteiger partial charge in [-0.25, -0.2) is 4.39 Å². The molecule has 0 radical (unpaired) electrons. The molecular weight excluding hydrogens is 262 g/mol. The summed E-state index contributed by atoms with van der Waals surface area (Å²) in [5.74, 6) is -0.132. The molecule has 1 aliphatic rings. The lowest BCUT2D eigenvalue weighted by molar-refractivity contribution is 0.244. The molecule has 0 amide bonds. The topological polar surface area (TPSA) is 15.3 Å². The van der Waals surface area contributed by atoms with Crippen LogP contribution in [0.3, 0.4) is 0 Å². The molecule has 1 heterocycles. The van der Waals surface area contributed by atoms with E-state index in [1.807, 2.05) is 6.07 Å². The van der Waals surface area contributed by atoms with Crippen molar-refractivity contribution in [2.45, 2.75) is 6.42 Å². The van der Waals surface area contributed by atoms with E-state index in [1.165, 1.54) is 6.07 Å². The molecule has 2 rings (SSSR count). The minimum Gasteiger partial charge on any atom is -0.314 e. The van der Waals surface area contributed by atoms with Crippen molar-refractivity contribution in [3.8, 4) is 0 Å². The first kappa shape index (κ1) is 16.6. The van der Waals surface area contributed by atoms with Crippen molar-refractivity contribution in [1.82, 2.24) is 10.2 Å². The third-order valence-corrected chi connectivity index (χ3v) is 2.82. The standard InChI is InChI=1S/C12H17FN2.2ClH/c13-12-3-1-2-11(10-12)4-7-15-8-5-14-6-9-15;;/h1-3,10,14H,4-9H2;2*1H. The Morgan fingerprint density at radius 3 is 2.53 bits per heavy atom. The van der Waals surface area contributed by atoms with E-state index in [2.05, 4.69) is 10.2 Å². The molecule has 5 heteroatoms. The summed E-state index contributed by atoms with van der Waals surface area (Å²) in [4.78, 5) is 2.42. The van der Waals surface area contributed by atoms with Crippen LogP contribution in [0.15, 0.2) is 24.3 Å². The Morgan fingerprint density at radius 2 is 1.88 bits per heavy atom. The number of nitrogens with one attached hydrogen (secondary N) is 1. The predicted molar refractivity (Wildman–Crippen MR) is 73.9 cm³/mol. The van der Waals surface area contributed by atoms with Crippen LogP contribution in [0.4, 0.5) is 4.39 Å². The highest BCUT2D eigenvalue weighted by molar-refractivity contribution is 5.85. The summed E-state index contributed by atoms with van der Waals surface area (Å²) in [7, 11) is 0. The van der Waals surface area contributed by atoms with E-state index in [1.54, 1.807) is 12.1 Å². The fraction of sp³-hybridized carbons (Fsp3) is 0.500. The molecule has 2 nitrogen and oxygen atoms in total. The van der Waals surface area contributed by atoms with Gasteiger partial charge in [-0.15, -0.1) is 24.8 Å². The molecule has 0 unspecified atom stereocenters. The van der Waals surface area contributed by atoms with Crippen LogP contribution >= 0.6 is 24.8 Å². The predicted octanol–water partition coefficient (Wildman–Crippen LogP) is 2.12. The third-order valence-electron chi connectivity index (χ3n) is 2.82. The minimum atomic E-state index is -0.132. The van der Waals surface area contributed by atoms with E-state index in [0.29, 0.717) is 0 Å². The molecule has 1 saturated heterocycles. The van der Waals surface area contributed by atoms with Crippen LogP contribution in [-0.2, 0) is 6.42 Å². The number of piperazine rings is 1. The van der Waals surface area contributed by atoms with Crippen LogP contribution in [0.2, 0.25) is 0 Å². The quantitative estimate of drug-likeness (QED) is 0.913. The Kier molecular flexibility index (Phi) is 8.52. The zero-order valence-electron chi connectivity index (χ0n) is 9.69. The molecular formula is C12H19Cl2FN2. The summed E-state index contributed by atoms with van der Waals surface area (Å²) >= 11 is 0. The molecule has 0 bridgehead atoms. The Hall–Kier alpha value is -0.350. The summed E-state index contributed by atoms with van der Waals surface area (Å²) < 4.78 is 12.9. The highest BCUT2D eigenvalue weighted by atomic mass is 35.5. The van der Waals surface area contributed by atoms with Gasteiger partial charge in [-0.1, -0.05) is 12.1 Å². The SMILES string of the molecule is Cl.Cl.Fc1cccc(CCN2CCNCC2)c1. The molecule has 0 aliphatic carbocycles. The molecule has 0 aromatic heterocycles. The molecule has 1 aromatic carbocycles. The average molecular weight is 281 g/mol. The Balaban J connectivity index is 0.00000128. The van der Waals surface area contributed by atoms with Gasteiger partial charge in [-0.2, -0.15) is 0 Å². The van der Waals surface area contributed by atoms with Gasteiger partial charge in [0.1, 0.15) is 5.82 Å². The van der Waals surface area contributed by atoms with Crippen molar-refractivity contribution in [1.29, 1.82) is 0 Å². The zero-order valence-corrected chi connectivity index (χ0v) is 11.3. The Morgan fingerprint density at radius 1 is 1.18 bits per heavy atom. The van der Waals surface area contributed by atoms with Gasteiger partial charge in [0.05, 0.1) is 0 Å². The van der Waals surface area contributed by atoms with Crippen molar-refractivity contribution in [2.24, 2.45) is 0 Å². The van der Waals surface area contributed by atoms with Crippen LogP contribution in [-0.4, -0.2) is 37.6 Å². The number of nitrogens with zero attached hydrogens (tertiary/aromatic N) is 1. The van der Waals surface area contributed by atoms with E-state index in [-0.39, 0.29) is 30.6 Å². The fourth-order valence-electron chi connectivity index (χ4n) is 1.91. The van der Waals surface area contributed by atoms with E-state index >= 15 is 0 Å². The summed E-state index contributed by atoms with van der Waals surface area (Å²) in [5.41, 5.74) is 1.09. The summed E-state index contributed by atoms with van der Waals surface area (Å²) in [5, 5.41) is 3.32. The fourth-order valence-corrected chi connectivity index (χ4v) is 1.91. The normalized spacial score (nSPS) is 15.8. The van der Waals surface area contributed by atoms with Crippen LogP contribution < -0.4 is 5.32 Å². The maximum Gasteiger partial charge on any atom is 0.123 e. The highest BCUT2D eigenvalue weighted by Crippen LogP contribution is 2.05. The van der Waals surface area contributed by atoms with Gasteiger partial charge < -0.3 is 10.2 Å². The maximum absolute atomic E-state index is 12.9. The molecule has 17 heavy (non-hydrogen) atoms. The first-order valence-corrected chi connectivity index (χ1v) is 5.52. The molecule has 0 spiro atoms. The smallest absolute Gasteiger partial charge is 0.123 e. The number of halogens is 3. The lowest BCUT2D eigenvalue weighted by Gasteiger charge is -2.27. The van der Waals surface area contributed by atoms with Crippen LogP contribution in [0, 0.1) is 5.82 Å². The first-order chi connectivity index (χ1) is 7.34. The second-order valence-electron chi connectivity index (χ2n) is 3.97. The van der Waals surface area contributed by atoms with Crippen LogP contribution in [0.1, 0.15) is 5.56 Å². The highest BCUT2D eigenvalue weighted by Gasteiger charge is 2.08. The van der Waals surface area contributed by atoms with Crippen molar-refractivity contribution in [3.63, 3.8) is 0 Å². The van der Waals surface area contributed by atoms with Crippen LogP contribution in [0.5, 0.6) is 0 Å². The molecule has 0 saturated carbocycles. The number of benzene rings is 1. The zero-order chi connectivity index (χ0) is 10.5. The molecule has 1 fully saturated rings. The van der Waals surface area contributed by atoms with E-state index in [0.717, 1.165) is 44.7 Å². The number of hydrogen-bond acceptors (Lipinski definition) is 2. The third kappa shape index (κ3) is 5.68. The van der Waals surface area contributed by atoms with Gasteiger partial charge >= 0.3 is 0 Å². The lowest BCUT2D eigenvalue weighted by atomic mass is 10.1. The molecule has 1 aromatic rings. The van der Waals surface area contributed by atoms with Crippen molar-refractivity contribution in [3.05, 3.63) is 35.6 Å². The monoisotopic (exact) mass is 280 g/mol. The van der Waals surface area contributed by atoms with Gasteiger partial charge in [0.15, 0.2) is 0 Å². The van der Waals surface area contributed by atoms with Crippen molar-refractivity contribution < 1.29 is 4.39 Å². The number of hydrogen-bond donors (Lipinski definition) is 1. The second-order valence-corrected chi connectivity index (χ2v) is 3.97. The largest absolute Gasteiger partial charge is 0.314 e. The maximum atomic E-state index is 12.9. The average Bonchev–Trinajstić information content (AvgIpc) is 2.28. The molecule has 1 aliphatic heterocycles. The van der Waals surface area contributed by atoms with Gasteiger partial charge in [-0.3, -0.25) is 0 Å². The second kappa shape index (κ2) is 8.70. The van der Waals surface area contributed by atoms with Gasteiger partial charge in [-0.05, 0) is 24.1 Å². The van der Waals surface area contributed by atoms with Crippen molar-refractivity contribution in [2.75, 3.05) is 32.7 Å². The summed E-state index contributed by atoms with van der Waals surface area (Å²) in [6.07, 6.45) is 0.942. The van der Waals surface area contributed by atoms with E-state index < -0.39 is 0 Å². The Labute approximate surface area is 114 Å². The molecule has 98 valence electrons. The van der Waals surface area contributed by atoms with E-state index in [4.69, 9.17) is 0 Å². The van der Waals surface area contributed by atoms with Crippen LogP contribution in [0.25, 0.3) is 0 Å². The molecule has 1 N–H and O–H groups in total.